The van der Waals surface area contributed by atoms with Gasteiger partial charge in [-0.15, -0.1) is 0 Å². The van der Waals surface area contributed by atoms with E-state index in [2.05, 4.69) is 139 Å². The zero-order chi connectivity index (χ0) is 58.2. The summed E-state index contributed by atoms with van der Waals surface area (Å²) >= 11 is 16.4. The molecule has 1 heterocycles. The van der Waals surface area contributed by atoms with Gasteiger partial charge in [-0.25, -0.2) is 0 Å². The summed E-state index contributed by atoms with van der Waals surface area (Å²) in [4.78, 5) is 32.4. The van der Waals surface area contributed by atoms with Crippen LogP contribution in [0.25, 0.3) is 0 Å². The van der Waals surface area contributed by atoms with E-state index in [1.54, 1.807) is 0 Å². The van der Waals surface area contributed by atoms with Crippen molar-refractivity contribution in [3.8, 4) is 23.0 Å². The minimum Gasteiger partial charge on any atom is -0.506 e. The second-order valence-electron chi connectivity index (χ2n) is 23.4. The van der Waals surface area contributed by atoms with Crippen LogP contribution in [0.15, 0.2) is 148 Å². The minimum atomic E-state index is -0.353. The van der Waals surface area contributed by atoms with Gasteiger partial charge in [-0.1, -0.05) is 167 Å². The average molecular weight is 1190 g/mol. The molecular weight excluding hydrogens is 1120 g/mol. The first kappa shape index (κ1) is 61.9. The summed E-state index contributed by atoms with van der Waals surface area (Å²) in [6, 6.07) is 35.6. The largest absolute Gasteiger partial charge is 0.506 e. The molecule has 0 aliphatic carbocycles. The lowest BCUT2D eigenvalue weighted by molar-refractivity contribution is -0.123. The number of hydrogen-bond donors (Lipinski definition) is 8. The normalized spacial score (nSPS) is 12.7. The number of benzene rings is 6. The first-order valence-electron chi connectivity index (χ1n) is 26.4. The first-order chi connectivity index (χ1) is 37.6. The number of thiocarbonyl (C=S) groups is 2. The van der Waals surface area contributed by atoms with Crippen molar-refractivity contribution in [2.45, 2.75) is 144 Å². The van der Waals surface area contributed by atoms with E-state index in [0.717, 1.165) is 33.6 Å². The van der Waals surface area contributed by atoms with Crippen molar-refractivity contribution < 1.29 is 29.3 Å². The molecule has 1 aliphatic rings. The number of carbonyl (C=O) groups is 2. The fourth-order valence-corrected chi connectivity index (χ4v) is 13.0. The lowest BCUT2D eigenvalue weighted by atomic mass is 9.87. The zero-order valence-electron chi connectivity index (χ0n) is 47.6. The molecule has 8 N–H and O–H groups in total. The standard InChI is InChI=1S/C62H74N6O6S6/c1-59(2,3)37-27-43-53(71)44(28-37)78-48-32-40(62(10,11)12)34-50(56(48)74-36-52(70)64-24-26-66-58(76)68-42-21-17-14-18-22-42)80-46-30-38(60(4,5)6)29-45(54(46)72)79-49-33-39(61(7,8)9)31-47(77-43)55(49)73-35-51(69)63-23-25-65-57(75)67-41-19-15-13-16-20-41/h13-22,27-34,71-72H,23-26,35-36H2,1-12H3,(H,63,69)(H,64,70)(H2,65,67,75)(H2,66,68,76). The molecule has 0 fully saturated rings. The van der Waals surface area contributed by atoms with Crippen molar-refractivity contribution in [2.24, 2.45) is 0 Å². The van der Waals surface area contributed by atoms with E-state index in [1.807, 2.05) is 84.9 Å². The SMILES string of the molecule is CC(C)(C)c1cc2c(O)c(c1)Sc1cc(C(C)(C)C)cc(c1OCC(=O)NCCNC(=S)Nc1ccccc1)Sc1cc(C(C)(C)C)cc(c1O)Sc1cc(C(C)(C)C)cc(c1OCC(=O)NCCNC(=S)Nc1ccccc1)S2. The van der Waals surface area contributed by atoms with Gasteiger partial charge in [0.15, 0.2) is 23.4 Å². The number of ether oxygens (including phenoxy) is 2. The average Bonchev–Trinajstić information content (AvgIpc) is 3.38. The van der Waals surface area contributed by atoms with Crippen LogP contribution < -0.4 is 41.4 Å². The van der Waals surface area contributed by atoms with Gasteiger partial charge in [0.1, 0.15) is 23.0 Å². The molecule has 6 aromatic rings. The molecule has 2 amide bonds. The van der Waals surface area contributed by atoms with E-state index in [9.17, 15) is 19.8 Å². The van der Waals surface area contributed by atoms with Crippen molar-refractivity contribution >= 4 is 105 Å². The summed E-state index contributed by atoms with van der Waals surface area (Å²) in [5.41, 5.74) is 4.24. The second kappa shape index (κ2) is 26.4. The molecule has 1 aliphatic heterocycles. The van der Waals surface area contributed by atoms with Crippen LogP contribution in [0, 0.1) is 0 Å². The third-order valence-electron chi connectivity index (χ3n) is 12.7. The predicted molar refractivity (Wildman–Crippen MR) is 339 cm³/mol. The van der Waals surface area contributed by atoms with Crippen LogP contribution >= 0.6 is 71.5 Å². The topological polar surface area (TPSA) is 165 Å². The van der Waals surface area contributed by atoms with Crippen molar-refractivity contribution in [2.75, 3.05) is 50.0 Å². The van der Waals surface area contributed by atoms with Crippen molar-refractivity contribution in [1.82, 2.24) is 21.3 Å². The molecule has 12 nitrogen and oxygen atoms in total. The molecule has 7 rings (SSSR count). The number of fused-ring (bicyclic) bond motifs is 8. The molecule has 424 valence electrons. The number of amides is 2. The van der Waals surface area contributed by atoms with Crippen LogP contribution in [-0.4, -0.2) is 71.6 Å². The lowest BCUT2D eigenvalue weighted by Crippen LogP contribution is -2.38. The van der Waals surface area contributed by atoms with Gasteiger partial charge in [-0.05, 0) is 141 Å². The van der Waals surface area contributed by atoms with Crippen LogP contribution in [-0.2, 0) is 31.2 Å². The van der Waals surface area contributed by atoms with E-state index in [4.69, 9.17) is 33.9 Å². The number of phenolic OH excluding ortho intramolecular Hbond substituents is 2. The van der Waals surface area contributed by atoms with Gasteiger partial charge in [0.2, 0.25) is 0 Å². The molecular formula is C62H74N6O6S6. The maximum absolute atomic E-state index is 13.7. The quantitative estimate of drug-likeness (QED) is 0.0383. The highest BCUT2D eigenvalue weighted by molar-refractivity contribution is 8.01. The molecule has 0 atom stereocenters. The van der Waals surface area contributed by atoms with Crippen LogP contribution in [0.5, 0.6) is 23.0 Å². The van der Waals surface area contributed by atoms with Crippen LogP contribution in [0.2, 0.25) is 0 Å². The fraction of sp³-hybridized carbons (Fsp3) is 0.355. The minimum absolute atomic E-state index is 0.0511. The first-order valence-corrected chi connectivity index (χ1v) is 30.5. The summed E-state index contributed by atoms with van der Waals surface area (Å²) in [5, 5.41) is 44.7. The van der Waals surface area contributed by atoms with Crippen molar-refractivity contribution in [3.63, 3.8) is 0 Å². The molecule has 6 aromatic carbocycles. The number of carbonyl (C=O) groups excluding carboxylic acids is 2. The number of rotatable bonds is 14. The Morgan fingerprint density at radius 1 is 0.412 bits per heavy atom. The maximum atomic E-state index is 13.7. The van der Waals surface area contributed by atoms with Crippen LogP contribution in [0.1, 0.15) is 105 Å². The Morgan fingerprint density at radius 2 is 0.662 bits per heavy atom. The van der Waals surface area contributed by atoms with E-state index >= 15 is 0 Å². The van der Waals surface area contributed by atoms with E-state index in [1.165, 1.54) is 47.0 Å². The molecule has 0 saturated heterocycles. The van der Waals surface area contributed by atoms with Crippen molar-refractivity contribution in [1.29, 1.82) is 0 Å². The predicted octanol–water partition coefficient (Wildman–Crippen LogP) is 14.2. The highest BCUT2D eigenvalue weighted by atomic mass is 32.2. The number of phenols is 2. The third-order valence-corrected chi connectivity index (χ3v) is 17.4. The van der Waals surface area contributed by atoms with Crippen LogP contribution in [0.4, 0.5) is 11.4 Å². The highest BCUT2D eigenvalue weighted by Gasteiger charge is 2.30. The van der Waals surface area contributed by atoms with Gasteiger partial charge in [-0.3, -0.25) is 9.59 Å². The van der Waals surface area contributed by atoms with Crippen molar-refractivity contribution in [3.05, 3.63) is 131 Å². The van der Waals surface area contributed by atoms with Gasteiger partial charge in [0.25, 0.3) is 11.8 Å². The maximum Gasteiger partial charge on any atom is 0.258 e. The molecule has 8 bridgehead atoms. The Balaban J connectivity index is 1.30. The van der Waals surface area contributed by atoms with E-state index in [0.29, 0.717) is 74.0 Å². The Hall–Kier alpha value is -5.76. The number of aromatic hydroxyl groups is 2. The fourth-order valence-electron chi connectivity index (χ4n) is 7.95. The molecule has 0 saturated carbocycles. The number of para-hydroxylation sites is 2. The summed E-state index contributed by atoms with van der Waals surface area (Å²) in [6.07, 6.45) is 0. The summed E-state index contributed by atoms with van der Waals surface area (Å²) in [6.45, 7) is 26.4. The molecule has 0 unspecified atom stereocenters. The Morgan fingerprint density at radius 3 is 0.925 bits per heavy atom. The van der Waals surface area contributed by atoms with E-state index in [-0.39, 0.29) is 71.3 Å². The smallest absolute Gasteiger partial charge is 0.258 e. The summed E-state index contributed by atoms with van der Waals surface area (Å²) in [5.74, 6) is 0.292. The van der Waals surface area contributed by atoms with Gasteiger partial charge >= 0.3 is 0 Å². The number of hydrogen-bond acceptors (Lipinski definition) is 12. The Kier molecular flexibility index (Phi) is 20.4. The molecule has 0 aromatic heterocycles. The number of anilines is 2. The Labute approximate surface area is 500 Å². The zero-order valence-corrected chi connectivity index (χ0v) is 52.5. The van der Waals surface area contributed by atoms with E-state index < -0.39 is 0 Å². The molecule has 0 spiro atoms. The monoisotopic (exact) mass is 1190 g/mol. The Bertz CT molecular complexity index is 2910. The van der Waals surface area contributed by atoms with Gasteiger partial charge in [-0.2, -0.15) is 0 Å². The summed E-state index contributed by atoms with van der Waals surface area (Å²) < 4.78 is 13.4. The lowest BCUT2D eigenvalue weighted by Gasteiger charge is -2.27. The van der Waals surface area contributed by atoms with Gasteiger partial charge < -0.3 is 51.6 Å². The highest BCUT2D eigenvalue weighted by Crippen LogP contribution is 2.56. The number of nitrogens with one attached hydrogen (secondary N) is 6. The third kappa shape index (κ3) is 17.1. The molecule has 80 heavy (non-hydrogen) atoms. The van der Waals surface area contributed by atoms with Gasteiger partial charge in [0, 0.05) is 37.6 Å². The summed E-state index contributed by atoms with van der Waals surface area (Å²) in [7, 11) is 0. The molecule has 18 heteroatoms. The van der Waals surface area contributed by atoms with Gasteiger partial charge in [0.05, 0.1) is 39.2 Å². The second-order valence-corrected chi connectivity index (χ2v) is 28.6. The van der Waals surface area contributed by atoms with Crippen LogP contribution in [0.3, 0.4) is 0 Å². The molecule has 0 radical (unpaired) electrons.